The Kier molecular flexibility index (Phi) is 6.01. The molecule has 7 nitrogen and oxygen atoms in total. The molecule has 0 bridgehead atoms. The number of ether oxygens (including phenoxy) is 2. The summed E-state index contributed by atoms with van der Waals surface area (Å²) in [5.41, 5.74) is 0. The van der Waals surface area contributed by atoms with Crippen molar-refractivity contribution in [3.8, 4) is 5.88 Å². The molecule has 1 rings (SSSR count). The molecule has 0 saturated carbocycles. The van der Waals surface area contributed by atoms with Crippen molar-refractivity contribution < 1.29 is 19.4 Å². The highest BCUT2D eigenvalue weighted by Gasteiger charge is 2.17. The second-order valence-corrected chi connectivity index (χ2v) is 4.22. The monoisotopic (exact) mass is 269 g/mol. The van der Waals surface area contributed by atoms with Gasteiger partial charge in [-0.1, -0.05) is 0 Å². The lowest BCUT2D eigenvalue weighted by Crippen LogP contribution is -2.30. The molecule has 7 heteroatoms. The van der Waals surface area contributed by atoms with E-state index in [1.54, 1.807) is 6.07 Å². The number of nitrogens with one attached hydrogen (secondary N) is 1. The van der Waals surface area contributed by atoms with Gasteiger partial charge in [-0.25, -0.2) is 14.8 Å². The van der Waals surface area contributed by atoms with E-state index in [9.17, 15) is 4.79 Å². The molecule has 0 aliphatic rings. The quantitative estimate of drug-likeness (QED) is 0.731. The van der Waals surface area contributed by atoms with Crippen LogP contribution in [0.4, 0.5) is 5.82 Å². The lowest BCUT2D eigenvalue weighted by atomic mass is 10.2. The first-order chi connectivity index (χ1) is 9.02. The van der Waals surface area contributed by atoms with E-state index in [2.05, 4.69) is 15.3 Å². The first-order valence-electron chi connectivity index (χ1n) is 6.00. The summed E-state index contributed by atoms with van der Waals surface area (Å²) in [5, 5.41) is 11.9. The molecule has 1 atom stereocenters. The fourth-order valence-electron chi connectivity index (χ4n) is 1.40. The van der Waals surface area contributed by atoms with E-state index in [4.69, 9.17) is 14.6 Å². The van der Waals surface area contributed by atoms with Gasteiger partial charge in [-0.2, -0.15) is 0 Å². The molecule has 0 saturated heterocycles. The molecule has 0 aliphatic carbocycles. The van der Waals surface area contributed by atoms with Crippen LogP contribution in [0.15, 0.2) is 12.4 Å². The van der Waals surface area contributed by atoms with Crippen LogP contribution in [0.25, 0.3) is 0 Å². The van der Waals surface area contributed by atoms with E-state index in [1.807, 2.05) is 13.8 Å². The molecule has 0 fully saturated rings. The fourth-order valence-corrected chi connectivity index (χ4v) is 1.40. The van der Waals surface area contributed by atoms with Gasteiger partial charge in [-0.05, 0) is 13.8 Å². The molecule has 0 aromatic carbocycles. The first kappa shape index (κ1) is 15.2. The third-order valence-electron chi connectivity index (χ3n) is 2.23. The molecular weight excluding hydrogens is 250 g/mol. The molecule has 0 aliphatic heterocycles. The summed E-state index contributed by atoms with van der Waals surface area (Å²) in [4.78, 5) is 19.0. The number of aromatic nitrogens is 2. The smallest absolute Gasteiger partial charge is 0.326 e. The zero-order valence-electron chi connectivity index (χ0n) is 11.3. The molecule has 106 valence electrons. The van der Waals surface area contributed by atoms with Crippen molar-refractivity contribution >= 4 is 11.8 Å². The van der Waals surface area contributed by atoms with Gasteiger partial charge in [0, 0.05) is 26.2 Å². The first-order valence-corrected chi connectivity index (χ1v) is 6.00. The average molecular weight is 269 g/mol. The van der Waals surface area contributed by atoms with Crippen molar-refractivity contribution in [3.63, 3.8) is 0 Å². The normalized spacial score (nSPS) is 12.2. The number of rotatable bonds is 8. The van der Waals surface area contributed by atoms with Crippen molar-refractivity contribution in [1.82, 2.24) is 9.97 Å². The summed E-state index contributed by atoms with van der Waals surface area (Å²) in [5.74, 6) is -0.139. The van der Waals surface area contributed by atoms with Crippen LogP contribution in [0, 0.1) is 0 Å². The van der Waals surface area contributed by atoms with Crippen LogP contribution >= 0.6 is 0 Å². The standard InChI is InChI=1S/C12H19N3O4/c1-8(2)19-11-6-10(13-7-14-11)15-9(12(16)17)4-5-18-3/h6-9H,4-5H2,1-3H3,(H,16,17)(H,13,14,15). The number of methoxy groups -OCH3 is 1. The summed E-state index contributed by atoms with van der Waals surface area (Å²) in [7, 11) is 1.53. The average Bonchev–Trinajstić information content (AvgIpc) is 2.33. The third-order valence-corrected chi connectivity index (χ3v) is 2.23. The molecular formula is C12H19N3O4. The SMILES string of the molecule is COCCC(Nc1cc(OC(C)C)ncn1)C(=O)O. The van der Waals surface area contributed by atoms with Gasteiger partial charge in [0.2, 0.25) is 5.88 Å². The van der Waals surface area contributed by atoms with Crippen LogP contribution in [-0.2, 0) is 9.53 Å². The van der Waals surface area contributed by atoms with Gasteiger partial charge >= 0.3 is 5.97 Å². The molecule has 2 N–H and O–H groups in total. The van der Waals surface area contributed by atoms with Crippen LogP contribution in [-0.4, -0.2) is 46.9 Å². The number of carboxylic acid groups (broad SMARTS) is 1. The van der Waals surface area contributed by atoms with Crippen LogP contribution in [0.3, 0.4) is 0 Å². The number of hydrogen-bond donors (Lipinski definition) is 2. The van der Waals surface area contributed by atoms with Crippen molar-refractivity contribution in [3.05, 3.63) is 12.4 Å². The topological polar surface area (TPSA) is 93.6 Å². The number of nitrogens with zero attached hydrogens (tertiary/aromatic N) is 2. The lowest BCUT2D eigenvalue weighted by molar-refractivity contribution is -0.138. The van der Waals surface area contributed by atoms with Crippen molar-refractivity contribution in [2.45, 2.75) is 32.4 Å². The molecule has 1 heterocycles. The number of anilines is 1. The highest BCUT2D eigenvalue weighted by molar-refractivity contribution is 5.76. The van der Waals surface area contributed by atoms with E-state index < -0.39 is 12.0 Å². The second-order valence-electron chi connectivity index (χ2n) is 4.22. The Morgan fingerprint density at radius 1 is 1.47 bits per heavy atom. The van der Waals surface area contributed by atoms with Gasteiger partial charge < -0.3 is 19.9 Å². The summed E-state index contributed by atoms with van der Waals surface area (Å²) in [6.07, 6.45) is 1.66. The number of aliphatic carboxylic acids is 1. The Morgan fingerprint density at radius 2 is 2.21 bits per heavy atom. The highest BCUT2D eigenvalue weighted by Crippen LogP contribution is 2.14. The Labute approximate surface area is 112 Å². The predicted molar refractivity (Wildman–Crippen MR) is 69.3 cm³/mol. The number of carbonyl (C=O) groups is 1. The van der Waals surface area contributed by atoms with Gasteiger partial charge in [-0.15, -0.1) is 0 Å². The Balaban J connectivity index is 2.70. The molecule has 1 aromatic heterocycles. The van der Waals surface area contributed by atoms with Crippen molar-refractivity contribution in [2.24, 2.45) is 0 Å². The summed E-state index contributed by atoms with van der Waals surface area (Å²) in [6, 6.07) is 0.810. The van der Waals surface area contributed by atoms with Crippen LogP contribution in [0.5, 0.6) is 5.88 Å². The minimum atomic E-state index is -0.956. The van der Waals surface area contributed by atoms with E-state index in [0.717, 1.165) is 0 Å². The van der Waals surface area contributed by atoms with Crippen molar-refractivity contribution in [2.75, 3.05) is 19.0 Å². The lowest BCUT2D eigenvalue weighted by Gasteiger charge is -2.15. The molecule has 0 amide bonds. The summed E-state index contributed by atoms with van der Waals surface area (Å²) in [6.45, 7) is 4.12. The minimum Gasteiger partial charge on any atom is -0.480 e. The predicted octanol–water partition coefficient (Wildman–Crippen LogP) is 1.17. The van der Waals surface area contributed by atoms with Gasteiger partial charge in [0.05, 0.1) is 6.10 Å². The maximum atomic E-state index is 11.1. The van der Waals surface area contributed by atoms with E-state index in [1.165, 1.54) is 13.4 Å². The maximum absolute atomic E-state index is 11.1. The fraction of sp³-hybridized carbons (Fsp3) is 0.583. The van der Waals surface area contributed by atoms with Gasteiger partial charge in [0.15, 0.2) is 0 Å². The van der Waals surface area contributed by atoms with Gasteiger partial charge in [0.1, 0.15) is 18.2 Å². The zero-order chi connectivity index (χ0) is 14.3. The number of carboxylic acids is 1. The Morgan fingerprint density at radius 3 is 2.79 bits per heavy atom. The van der Waals surface area contributed by atoms with Gasteiger partial charge in [0.25, 0.3) is 0 Å². The van der Waals surface area contributed by atoms with E-state index in [0.29, 0.717) is 24.7 Å². The van der Waals surface area contributed by atoms with Crippen molar-refractivity contribution in [1.29, 1.82) is 0 Å². The second kappa shape index (κ2) is 7.52. The van der Waals surface area contributed by atoms with Crippen LogP contribution in [0.1, 0.15) is 20.3 Å². The summed E-state index contributed by atoms with van der Waals surface area (Å²) < 4.78 is 10.3. The highest BCUT2D eigenvalue weighted by atomic mass is 16.5. The molecule has 19 heavy (non-hydrogen) atoms. The largest absolute Gasteiger partial charge is 0.480 e. The van der Waals surface area contributed by atoms with Crippen LogP contribution in [0.2, 0.25) is 0 Å². The Hall–Kier alpha value is -1.89. The van der Waals surface area contributed by atoms with Gasteiger partial charge in [-0.3, -0.25) is 0 Å². The molecule has 0 spiro atoms. The van der Waals surface area contributed by atoms with E-state index >= 15 is 0 Å². The molecule has 1 aromatic rings. The molecule has 0 radical (unpaired) electrons. The number of hydrogen-bond acceptors (Lipinski definition) is 6. The maximum Gasteiger partial charge on any atom is 0.326 e. The van der Waals surface area contributed by atoms with E-state index in [-0.39, 0.29) is 6.10 Å². The third kappa shape index (κ3) is 5.52. The van der Waals surface area contributed by atoms with Crippen LogP contribution < -0.4 is 10.1 Å². The summed E-state index contributed by atoms with van der Waals surface area (Å²) >= 11 is 0. The Bertz CT molecular complexity index is 412. The zero-order valence-corrected chi connectivity index (χ0v) is 11.3. The molecule has 1 unspecified atom stereocenters. The minimum absolute atomic E-state index is 0.00786.